The Morgan fingerprint density at radius 3 is 2.63 bits per heavy atom. The van der Waals surface area contributed by atoms with Crippen molar-refractivity contribution < 1.29 is 18.8 Å². The number of aryl methyl sites for hydroxylation is 1. The normalized spacial score (nSPS) is 10.5. The number of ether oxygens (including phenoxy) is 2. The second-order valence-corrected chi connectivity index (χ2v) is 6.40. The monoisotopic (exact) mass is 406 g/mol. The molecule has 6 nitrogen and oxygen atoms in total. The first-order chi connectivity index (χ1) is 13.0. The van der Waals surface area contributed by atoms with E-state index in [0.717, 1.165) is 0 Å². The Hall–Kier alpha value is -2.70. The van der Waals surface area contributed by atoms with Crippen LogP contribution in [-0.4, -0.2) is 18.2 Å². The second kappa shape index (κ2) is 8.33. The molecule has 140 valence electrons. The average molecular weight is 407 g/mol. The Labute approximate surface area is 166 Å². The predicted molar refractivity (Wildman–Crippen MR) is 103 cm³/mol. The molecule has 0 bridgehead atoms. The van der Waals surface area contributed by atoms with Gasteiger partial charge in [0.25, 0.3) is 5.91 Å². The molecule has 27 heavy (non-hydrogen) atoms. The van der Waals surface area contributed by atoms with Gasteiger partial charge in [-0.25, -0.2) is 0 Å². The minimum Gasteiger partial charge on any atom is -0.495 e. The molecule has 3 aromatic rings. The molecule has 3 rings (SSSR count). The van der Waals surface area contributed by atoms with Crippen molar-refractivity contribution in [1.29, 1.82) is 0 Å². The molecule has 0 radical (unpaired) electrons. The number of carbonyl (C=O) groups excluding carboxylic acids is 1. The lowest BCUT2D eigenvalue weighted by Gasteiger charge is -2.09. The number of amides is 1. The number of hydrogen-bond donors (Lipinski definition) is 1. The Morgan fingerprint density at radius 1 is 1.15 bits per heavy atom. The molecule has 1 N–H and O–H groups in total. The number of methoxy groups -OCH3 is 1. The van der Waals surface area contributed by atoms with Crippen LogP contribution < -0.4 is 14.8 Å². The zero-order chi connectivity index (χ0) is 19.4. The molecule has 1 aromatic heterocycles. The fourth-order valence-corrected chi connectivity index (χ4v) is 2.83. The molecular weight excluding hydrogens is 391 g/mol. The summed E-state index contributed by atoms with van der Waals surface area (Å²) in [7, 11) is 1.52. The molecule has 0 saturated heterocycles. The fourth-order valence-electron chi connectivity index (χ4n) is 2.39. The van der Waals surface area contributed by atoms with Gasteiger partial charge in [0.15, 0.2) is 5.69 Å². The Balaban J connectivity index is 1.76. The molecule has 0 atom stereocenters. The first-order valence-electron chi connectivity index (χ1n) is 7.97. The van der Waals surface area contributed by atoms with Gasteiger partial charge in [-0.2, -0.15) is 0 Å². The first-order valence-corrected chi connectivity index (χ1v) is 8.72. The largest absolute Gasteiger partial charge is 0.495 e. The van der Waals surface area contributed by atoms with Crippen LogP contribution in [0.15, 0.2) is 47.0 Å². The highest BCUT2D eigenvalue weighted by molar-refractivity contribution is 6.32. The maximum Gasteiger partial charge on any atom is 0.278 e. The zero-order valence-electron chi connectivity index (χ0n) is 14.6. The van der Waals surface area contributed by atoms with Gasteiger partial charge in [-0.15, -0.1) is 0 Å². The van der Waals surface area contributed by atoms with E-state index in [4.69, 9.17) is 37.2 Å². The number of carbonyl (C=O) groups is 1. The third kappa shape index (κ3) is 4.35. The molecule has 0 aliphatic heterocycles. The third-order valence-electron chi connectivity index (χ3n) is 3.82. The summed E-state index contributed by atoms with van der Waals surface area (Å²) in [5.74, 6) is 1.07. The standard InChI is InChI=1S/C19H16Cl2N2O4/c1-11-13(10-26-17-6-4-3-5-14(17)20)18(23-27-11)19(24)22-12-7-8-16(25-2)15(21)9-12/h3-9H,10H2,1-2H3,(H,22,24). The number of para-hydroxylation sites is 1. The van der Waals surface area contributed by atoms with Gasteiger partial charge in [0.05, 0.1) is 22.7 Å². The Morgan fingerprint density at radius 2 is 1.93 bits per heavy atom. The van der Waals surface area contributed by atoms with Crippen molar-refractivity contribution in [1.82, 2.24) is 5.16 Å². The molecule has 2 aromatic carbocycles. The third-order valence-corrected chi connectivity index (χ3v) is 4.43. The van der Waals surface area contributed by atoms with E-state index < -0.39 is 5.91 Å². The van der Waals surface area contributed by atoms with Crippen LogP contribution in [0.5, 0.6) is 11.5 Å². The Kier molecular flexibility index (Phi) is 5.88. The van der Waals surface area contributed by atoms with Gasteiger partial charge >= 0.3 is 0 Å². The number of benzene rings is 2. The van der Waals surface area contributed by atoms with Gasteiger partial charge in [0.1, 0.15) is 23.9 Å². The summed E-state index contributed by atoms with van der Waals surface area (Å²) < 4.78 is 16.0. The topological polar surface area (TPSA) is 73.6 Å². The van der Waals surface area contributed by atoms with Gasteiger partial charge < -0.3 is 19.3 Å². The summed E-state index contributed by atoms with van der Waals surface area (Å²) >= 11 is 12.2. The van der Waals surface area contributed by atoms with Gasteiger partial charge in [0, 0.05) is 5.69 Å². The number of anilines is 1. The average Bonchev–Trinajstić information content (AvgIpc) is 3.02. The fraction of sp³-hybridized carbons (Fsp3) is 0.158. The van der Waals surface area contributed by atoms with Gasteiger partial charge in [-0.05, 0) is 37.3 Å². The lowest BCUT2D eigenvalue weighted by atomic mass is 10.2. The van der Waals surface area contributed by atoms with Crippen LogP contribution in [0.3, 0.4) is 0 Å². The SMILES string of the molecule is COc1ccc(NC(=O)c2noc(C)c2COc2ccccc2Cl)cc1Cl. The molecular formula is C19H16Cl2N2O4. The highest BCUT2D eigenvalue weighted by Crippen LogP contribution is 2.28. The molecule has 8 heteroatoms. The molecule has 0 unspecified atom stereocenters. The van der Waals surface area contributed by atoms with Crippen LogP contribution in [0.2, 0.25) is 10.0 Å². The van der Waals surface area contributed by atoms with Crippen molar-refractivity contribution >= 4 is 34.8 Å². The molecule has 0 spiro atoms. The summed E-state index contributed by atoms with van der Waals surface area (Å²) in [6, 6.07) is 12.0. The van der Waals surface area contributed by atoms with E-state index in [0.29, 0.717) is 38.6 Å². The van der Waals surface area contributed by atoms with Crippen molar-refractivity contribution in [3.05, 3.63) is 69.5 Å². The number of halogens is 2. The summed E-state index contributed by atoms with van der Waals surface area (Å²) in [6.07, 6.45) is 0. The number of nitrogens with one attached hydrogen (secondary N) is 1. The highest BCUT2D eigenvalue weighted by atomic mass is 35.5. The number of rotatable bonds is 6. The number of hydrogen-bond acceptors (Lipinski definition) is 5. The summed E-state index contributed by atoms with van der Waals surface area (Å²) in [4.78, 5) is 12.6. The van der Waals surface area contributed by atoms with Crippen molar-refractivity contribution in [3.8, 4) is 11.5 Å². The summed E-state index contributed by atoms with van der Waals surface area (Å²) in [5, 5.41) is 7.44. The van der Waals surface area contributed by atoms with Gasteiger partial charge in [0.2, 0.25) is 0 Å². The van der Waals surface area contributed by atoms with E-state index in [1.54, 1.807) is 43.3 Å². The lowest BCUT2D eigenvalue weighted by molar-refractivity contribution is 0.101. The maximum atomic E-state index is 12.6. The molecule has 0 saturated carbocycles. The maximum absolute atomic E-state index is 12.6. The zero-order valence-corrected chi connectivity index (χ0v) is 16.1. The second-order valence-electron chi connectivity index (χ2n) is 5.59. The molecule has 0 fully saturated rings. The minimum absolute atomic E-state index is 0.0885. The van der Waals surface area contributed by atoms with Crippen LogP contribution >= 0.6 is 23.2 Å². The van der Waals surface area contributed by atoms with E-state index in [2.05, 4.69) is 10.5 Å². The van der Waals surface area contributed by atoms with E-state index in [-0.39, 0.29) is 12.3 Å². The molecule has 0 aliphatic rings. The summed E-state index contributed by atoms with van der Waals surface area (Å²) in [5.41, 5.74) is 1.17. The van der Waals surface area contributed by atoms with E-state index in [1.165, 1.54) is 7.11 Å². The smallest absolute Gasteiger partial charge is 0.278 e. The van der Waals surface area contributed by atoms with Crippen LogP contribution in [0, 0.1) is 6.92 Å². The van der Waals surface area contributed by atoms with Crippen LogP contribution in [-0.2, 0) is 6.61 Å². The molecule has 1 heterocycles. The van der Waals surface area contributed by atoms with Crippen molar-refractivity contribution in [2.75, 3.05) is 12.4 Å². The summed E-state index contributed by atoms with van der Waals surface area (Å²) in [6.45, 7) is 1.80. The quantitative estimate of drug-likeness (QED) is 0.613. The molecule has 0 aliphatic carbocycles. The minimum atomic E-state index is -0.439. The van der Waals surface area contributed by atoms with Crippen LogP contribution in [0.1, 0.15) is 21.8 Å². The number of nitrogens with zero attached hydrogens (tertiary/aromatic N) is 1. The van der Waals surface area contributed by atoms with E-state index in [1.807, 2.05) is 6.07 Å². The van der Waals surface area contributed by atoms with Gasteiger partial charge in [-0.1, -0.05) is 40.5 Å². The van der Waals surface area contributed by atoms with Gasteiger partial charge in [-0.3, -0.25) is 4.79 Å². The van der Waals surface area contributed by atoms with Crippen molar-refractivity contribution in [3.63, 3.8) is 0 Å². The highest BCUT2D eigenvalue weighted by Gasteiger charge is 2.21. The van der Waals surface area contributed by atoms with E-state index in [9.17, 15) is 4.79 Å². The van der Waals surface area contributed by atoms with Crippen LogP contribution in [0.25, 0.3) is 0 Å². The van der Waals surface area contributed by atoms with E-state index >= 15 is 0 Å². The van der Waals surface area contributed by atoms with Crippen molar-refractivity contribution in [2.24, 2.45) is 0 Å². The van der Waals surface area contributed by atoms with Crippen LogP contribution in [0.4, 0.5) is 5.69 Å². The van der Waals surface area contributed by atoms with Crippen molar-refractivity contribution in [2.45, 2.75) is 13.5 Å². The first kappa shape index (κ1) is 19.1. The predicted octanol–water partition coefficient (Wildman–Crippen LogP) is 5.13. The Bertz CT molecular complexity index is 972. The number of aromatic nitrogens is 1. The lowest BCUT2D eigenvalue weighted by Crippen LogP contribution is -2.15. The molecule has 1 amide bonds.